The van der Waals surface area contributed by atoms with E-state index < -0.39 is 0 Å². The Hall–Kier alpha value is -1.79. The lowest BCUT2D eigenvalue weighted by Gasteiger charge is -2.40. The Morgan fingerprint density at radius 1 is 1.35 bits per heavy atom. The number of nitrogens with zero attached hydrogens (tertiary/aromatic N) is 5. The third kappa shape index (κ3) is 2.10. The zero-order chi connectivity index (χ0) is 13.4. The van der Waals surface area contributed by atoms with Crippen molar-refractivity contribution in [2.24, 2.45) is 0 Å². The molecule has 2 aromatic rings. The molecule has 6 nitrogen and oxygen atoms in total. The lowest BCUT2D eigenvalue weighted by atomic mass is 10.0. The number of fused-ring (bicyclic) bond motifs is 3. The number of likely N-dealkylation sites (tertiary alicyclic amines) is 1. The quantitative estimate of drug-likeness (QED) is 0.816. The van der Waals surface area contributed by atoms with Crippen LogP contribution in [0.3, 0.4) is 0 Å². The van der Waals surface area contributed by atoms with Gasteiger partial charge in [-0.15, -0.1) is 5.10 Å². The summed E-state index contributed by atoms with van der Waals surface area (Å²) in [5, 5.41) is 8.23. The molecule has 0 radical (unpaired) electrons. The second kappa shape index (κ2) is 4.96. The summed E-state index contributed by atoms with van der Waals surface area (Å²) in [6.45, 7) is 3.50. The van der Waals surface area contributed by atoms with Crippen molar-refractivity contribution >= 4 is 0 Å². The van der Waals surface area contributed by atoms with Crippen LogP contribution in [-0.2, 0) is 17.9 Å². The lowest BCUT2D eigenvalue weighted by Crippen LogP contribution is -2.47. The van der Waals surface area contributed by atoms with Crippen LogP contribution < -0.4 is 0 Å². The molecule has 2 atom stereocenters. The van der Waals surface area contributed by atoms with Crippen molar-refractivity contribution in [1.82, 2.24) is 24.9 Å². The summed E-state index contributed by atoms with van der Waals surface area (Å²) in [5.41, 5.74) is 2.19. The predicted molar refractivity (Wildman–Crippen MR) is 71.8 cm³/mol. The summed E-state index contributed by atoms with van der Waals surface area (Å²) >= 11 is 0. The normalized spacial score (nSPS) is 26.0. The Balaban J connectivity index is 1.51. The maximum atomic E-state index is 5.92. The first-order chi connectivity index (χ1) is 9.90. The van der Waals surface area contributed by atoms with Gasteiger partial charge in [0.25, 0.3) is 0 Å². The van der Waals surface area contributed by atoms with Gasteiger partial charge in [-0.3, -0.25) is 9.88 Å². The minimum absolute atomic E-state index is 0.268. The molecule has 0 aromatic carbocycles. The standard InChI is InChI=1S/C14H17N5O/c1-2-5-15-11(3-1)8-18-6-4-14-13(9-18)19-12(10-20-14)7-16-17-19/h1-3,5,7,13-14H,4,6,8-10H2/t13-,14-/m1/s1. The van der Waals surface area contributed by atoms with Gasteiger partial charge >= 0.3 is 0 Å². The van der Waals surface area contributed by atoms with Crippen molar-refractivity contribution in [2.45, 2.75) is 31.7 Å². The van der Waals surface area contributed by atoms with Gasteiger partial charge in [0.2, 0.25) is 0 Å². The fourth-order valence-corrected chi connectivity index (χ4v) is 3.11. The molecule has 0 unspecified atom stereocenters. The number of pyridine rings is 1. The zero-order valence-corrected chi connectivity index (χ0v) is 11.2. The summed E-state index contributed by atoms with van der Waals surface area (Å²) in [6, 6.07) is 6.34. The van der Waals surface area contributed by atoms with Crippen LogP contribution >= 0.6 is 0 Å². The minimum Gasteiger partial charge on any atom is -0.370 e. The van der Waals surface area contributed by atoms with E-state index in [0.717, 1.165) is 37.4 Å². The van der Waals surface area contributed by atoms with Gasteiger partial charge in [-0.25, -0.2) is 4.68 Å². The van der Waals surface area contributed by atoms with Crippen molar-refractivity contribution in [1.29, 1.82) is 0 Å². The molecular weight excluding hydrogens is 254 g/mol. The molecule has 20 heavy (non-hydrogen) atoms. The number of aromatic nitrogens is 4. The van der Waals surface area contributed by atoms with Crippen LogP contribution in [0.1, 0.15) is 23.9 Å². The van der Waals surface area contributed by atoms with Crippen LogP contribution in [0.25, 0.3) is 0 Å². The number of rotatable bonds is 2. The molecule has 0 spiro atoms. The molecule has 0 bridgehead atoms. The number of piperidine rings is 1. The molecule has 1 saturated heterocycles. The summed E-state index contributed by atoms with van der Waals surface area (Å²) in [7, 11) is 0. The van der Waals surface area contributed by atoms with Crippen LogP contribution in [-0.4, -0.2) is 44.1 Å². The van der Waals surface area contributed by atoms with Gasteiger partial charge in [0.1, 0.15) is 0 Å². The average molecular weight is 271 g/mol. The van der Waals surface area contributed by atoms with Gasteiger partial charge in [0.05, 0.1) is 36.3 Å². The maximum absolute atomic E-state index is 5.92. The van der Waals surface area contributed by atoms with E-state index in [4.69, 9.17) is 4.74 Å². The molecule has 104 valence electrons. The van der Waals surface area contributed by atoms with E-state index in [-0.39, 0.29) is 12.1 Å². The Bertz CT molecular complexity index is 584. The highest BCUT2D eigenvalue weighted by atomic mass is 16.5. The Morgan fingerprint density at radius 2 is 2.35 bits per heavy atom. The van der Waals surface area contributed by atoms with Crippen molar-refractivity contribution in [3.8, 4) is 0 Å². The second-order valence-electron chi connectivity index (χ2n) is 5.43. The Kier molecular flexibility index (Phi) is 2.97. The SMILES string of the molecule is c1ccc(CN2CC[C@H]3OCc4cnnn4[C@@H]3C2)nc1. The molecule has 2 aromatic heterocycles. The third-order valence-corrected chi connectivity index (χ3v) is 4.12. The van der Waals surface area contributed by atoms with E-state index >= 15 is 0 Å². The first-order valence-corrected chi connectivity index (χ1v) is 7.03. The third-order valence-electron chi connectivity index (χ3n) is 4.12. The van der Waals surface area contributed by atoms with Crippen molar-refractivity contribution in [3.63, 3.8) is 0 Å². The molecule has 0 amide bonds. The van der Waals surface area contributed by atoms with E-state index in [1.807, 2.05) is 23.0 Å². The average Bonchev–Trinajstić information content (AvgIpc) is 2.97. The van der Waals surface area contributed by atoms with Crippen LogP contribution in [0, 0.1) is 0 Å². The first kappa shape index (κ1) is 12.0. The minimum atomic E-state index is 0.268. The summed E-state index contributed by atoms with van der Waals surface area (Å²) in [4.78, 5) is 6.82. The smallest absolute Gasteiger partial charge is 0.0930 e. The summed E-state index contributed by atoms with van der Waals surface area (Å²) in [6.07, 6.45) is 4.95. The highest BCUT2D eigenvalue weighted by Crippen LogP contribution is 2.30. The van der Waals surface area contributed by atoms with Crippen LogP contribution in [0.5, 0.6) is 0 Å². The fourth-order valence-electron chi connectivity index (χ4n) is 3.11. The lowest BCUT2D eigenvalue weighted by molar-refractivity contribution is -0.0671. The molecule has 6 heteroatoms. The molecular formula is C14H17N5O. The molecule has 0 saturated carbocycles. The molecule has 2 aliphatic heterocycles. The van der Waals surface area contributed by atoms with E-state index in [2.05, 4.69) is 26.3 Å². The monoisotopic (exact) mass is 271 g/mol. The predicted octanol–water partition coefficient (Wildman–Crippen LogP) is 1.02. The van der Waals surface area contributed by atoms with Gasteiger partial charge in [0.15, 0.2) is 0 Å². The highest BCUT2D eigenvalue weighted by molar-refractivity contribution is 5.05. The van der Waals surface area contributed by atoms with Gasteiger partial charge in [-0.05, 0) is 18.6 Å². The fraction of sp³-hybridized carbons (Fsp3) is 0.500. The summed E-state index contributed by atoms with van der Waals surface area (Å²) in [5.74, 6) is 0. The second-order valence-corrected chi connectivity index (χ2v) is 5.43. The number of hydrogen-bond donors (Lipinski definition) is 0. The number of hydrogen-bond acceptors (Lipinski definition) is 5. The summed E-state index contributed by atoms with van der Waals surface area (Å²) < 4.78 is 7.96. The van der Waals surface area contributed by atoms with Crippen molar-refractivity contribution in [3.05, 3.63) is 42.0 Å². The highest BCUT2D eigenvalue weighted by Gasteiger charge is 2.36. The Labute approximate surface area is 117 Å². The van der Waals surface area contributed by atoms with Gasteiger partial charge in [-0.1, -0.05) is 11.3 Å². The largest absolute Gasteiger partial charge is 0.370 e. The molecule has 0 aliphatic carbocycles. The van der Waals surface area contributed by atoms with E-state index in [1.165, 1.54) is 0 Å². The van der Waals surface area contributed by atoms with Crippen LogP contribution in [0.15, 0.2) is 30.6 Å². The van der Waals surface area contributed by atoms with E-state index in [9.17, 15) is 0 Å². The molecule has 1 fully saturated rings. The van der Waals surface area contributed by atoms with Gasteiger partial charge in [-0.2, -0.15) is 0 Å². The molecule has 4 heterocycles. The van der Waals surface area contributed by atoms with Crippen LogP contribution in [0.2, 0.25) is 0 Å². The zero-order valence-electron chi connectivity index (χ0n) is 11.2. The maximum Gasteiger partial charge on any atom is 0.0930 e. The van der Waals surface area contributed by atoms with Gasteiger partial charge in [0, 0.05) is 25.8 Å². The van der Waals surface area contributed by atoms with Crippen molar-refractivity contribution < 1.29 is 4.74 Å². The molecule has 4 rings (SSSR count). The van der Waals surface area contributed by atoms with Gasteiger partial charge < -0.3 is 4.74 Å². The van der Waals surface area contributed by atoms with E-state index in [1.54, 1.807) is 6.20 Å². The number of ether oxygens (including phenoxy) is 1. The topological polar surface area (TPSA) is 56.1 Å². The first-order valence-electron chi connectivity index (χ1n) is 7.03. The molecule has 2 aliphatic rings. The van der Waals surface area contributed by atoms with Crippen molar-refractivity contribution in [2.75, 3.05) is 13.1 Å². The van der Waals surface area contributed by atoms with Crippen LogP contribution in [0.4, 0.5) is 0 Å². The van der Waals surface area contributed by atoms with E-state index in [0.29, 0.717) is 6.61 Å². The molecule has 0 N–H and O–H groups in total. The Morgan fingerprint density at radius 3 is 3.25 bits per heavy atom.